The molecule has 0 aliphatic heterocycles. The van der Waals surface area contributed by atoms with Gasteiger partial charge in [0.2, 0.25) is 0 Å². The Morgan fingerprint density at radius 2 is 2.23 bits per heavy atom. The molecule has 2 heterocycles. The Kier molecular flexibility index (Phi) is 2.26. The molecule has 2 aromatic heterocycles. The third kappa shape index (κ3) is 1.85. The van der Waals surface area contributed by atoms with E-state index in [9.17, 15) is 0 Å². The average molecular weight is 287 g/mol. The molecule has 2 aromatic rings. The van der Waals surface area contributed by atoms with E-state index < -0.39 is 0 Å². The predicted molar refractivity (Wildman–Crippen MR) is 55.0 cm³/mol. The van der Waals surface area contributed by atoms with E-state index in [2.05, 4.69) is 37.7 Å². The zero-order valence-electron chi connectivity index (χ0n) is 6.86. The van der Waals surface area contributed by atoms with E-state index in [4.69, 9.17) is 4.52 Å². The standard InChI is InChI=1S/C8H6IN3O/c1-5-11-8(13-12-5)6-2-7(9)4-10-3-6/h2-4H,1H3. The molecule has 2 rings (SSSR count). The molecule has 0 saturated carbocycles. The molecular weight excluding hydrogens is 281 g/mol. The molecule has 0 bridgehead atoms. The van der Waals surface area contributed by atoms with Gasteiger partial charge in [-0.25, -0.2) is 0 Å². The monoisotopic (exact) mass is 287 g/mol. The largest absolute Gasteiger partial charge is 0.334 e. The molecule has 0 fully saturated rings. The van der Waals surface area contributed by atoms with Crippen LogP contribution in [-0.4, -0.2) is 15.1 Å². The zero-order chi connectivity index (χ0) is 9.26. The summed E-state index contributed by atoms with van der Waals surface area (Å²) in [6, 6.07) is 1.94. The maximum absolute atomic E-state index is 5.00. The van der Waals surface area contributed by atoms with E-state index in [1.165, 1.54) is 0 Å². The number of hydrogen-bond donors (Lipinski definition) is 0. The molecule has 0 radical (unpaired) electrons. The highest BCUT2D eigenvalue weighted by Crippen LogP contribution is 2.17. The summed E-state index contributed by atoms with van der Waals surface area (Å²) in [4.78, 5) is 8.14. The molecule has 0 aliphatic rings. The molecule has 0 N–H and O–H groups in total. The smallest absolute Gasteiger partial charge is 0.259 e. The van der Waals surface area contributed by atoms with Crippen LogP contribution in [0.4, 0.5) is 0 Å². The lowest BCUT2D eigenvalue weighted by Gasteiger charge is -1.92. The minimum atomic E-state index is 0.517. The molecule has 0 spiro atoms. The van der Waals surface area contributed by atoms with E-state index in [0.29, 0.717) is 11.7 Å². The second-order valence-electron chi connectivity index (χ2n) is 2.54. The molecule has 4 nitrogen and oxygen atoms in total. The van der Waals surface area contributed by atoms with Crippen molar-refractivity contribution in [1.29, 1.82) is 0 Å². The molecular formula is C8H6IN3O. The number of pyridine rings is 1. The van der Waals surface area contributed by atoms with Crippen molar-refractivity contribution < 1.29 is 4.52 Å². The maximum atomic E-state index is 5.00. The Balaban J connectivity index is 2.46. The van der Waals surface area contributed by atoms with Gasteiger partial charge >= 0.3 is 0 Å². The normalized spacial score (nSPS) is 10.3. The minimum Gasteiger partial charge on any atom is -0.334 e. The van der Waals surface area contributed by atoms with E-state index in [-0.39, 0.29) is 0 Å². The van der Waals surface area contributed by atoms with Gasteiger partial charge in [0.25, 0.3) is 5.89 Å². The first-order valence-electron chi connectivity index (χ1n) is 3.67. The summed E-state index contributed by atoms with van der Waals surface area (Å²) in [6.45, 7) is 1.79. The topological polar surface area (TPSA) is 51.8 Å². The third-order valence-electron chi connectivity index (χ3n) is 1.48. The Labute approximate surface area is 88.5 Å². The third-order valence-corrected chi connectivity index (χ3v) is 2.07. The van der Waals surface area contributed by atoms with Crippen molar-refractivity contribution in [3.63, 3.8) is 0 Å². The van der Waals surface area contributed by atoms with Crippen LogP contribution in [0.15, 0.2) is 23.0 Å². The summed E-state index contributed by atoms with van der Waals surface area (Å²) in [5.74, 6) is 1.15. The molecule has 0 saturated heterocycles. The Morgan fingerprint density at radius 1 is 1.38 bits per heavy atom. The summed E-state index contributed by atoms with van der Waals surface area (Å²) in [6.07, 6.45) is 3.47. The van der Waals surface area contributed by atoms with Crippen molar-refractivity contribution in [2.24, 2.45) is 0 Å². The fourth-order valence-electron chi connectivity index (χ4n) is 0.943. The molecule has 0 unspecified atom stereocenters. The van der Waals surface area contributed by atoms with Gasteiger partial charge in [-0.2, -0.15) is 4.98 Å². The van der Waals surface area contributed by atoms with E-state index in [1.807, 2.05) is 6.07 Å². The second kappa shape index (κ2) is 3.41. The summed E-state index contributed by atoms with van der Waals surface area (Å²) >= 11 is 2.19. The van der Waals surface area contributed by atoms with Crippen molar-refractivity contribution >= 4 is 22.6 Å². The van der Waals surface area contributed by atoms with E-state index >= 15 is 0 Å². The van der Waals surface area contributed by atoms with Crippen molar-refractivity contribution in [2.45, 2.75) is 6.92 Å². The van der Waals surface area contributed by atoms with Gasteiger partial charge in [0.15, 0.2) is 5.82 Å². The van der Waals surface area contributed by atoms with Crippen molar-refractivity contribution in [3.05, 3.63) is 27.9 Å². The highest BCUT2D eigenvalue weighted by atomic mass is 127. The lowest BCUT2D eigenvalue weighted by molar-refractivity contribution is 0.425. The van der Waals surface area contributed by atoms with Crippen LogP contribution >= 0.6 is 22.6 Å². The molecule has 0 aromatic carbocycles. The van der Waals surface area contributed by atoms with Gasteiger partial charge < -0.3 is 4.52 Å². The lowest BCUT2D eigenvalue weighted by Crippen LogP contribution is -1.82. The Morgan fingerprint density at radius 3 is 2.85 bits per heavy atom. The summed E-state index contributed by atoms with van der Waals surface area (Å²) in [5, 5.41) is 3.71. The lowest BCUT2D eigenvalue weighted by atomic mass is 10.3. The van der Waals surface area contributed by atoms with Gasteiger partial charge in [-0.15, -0.1) is 0 Å². The number of aromatic nitrogens is 3. The Hall–Kier alpha value is -0.980. The van der Waals surface area contributed by atoms with Crippen LogP contribution < -0.4 is 0 Å². The van der Waals surface area contributed by atoms with Crippen molar-refractivity contribution in [1.82, 2.24) is 15.1 Å². The number of rotatable bonds is 1. The van der Waals surface area contributed by atoms with Crippen LogP contribution in [0.5, 0.6) is 0 Å². The number of hydrogen-bond acceptors (Lipinski definition) is 4. The molecule has 13 heavy (non-hydrogen) atoms. The van der Waals surface area contributed by atoms with Crippen LogP contribution in [-0.2, 0) is 0 Å². The van der Waals surface area contributed by atoms with Crippen LogP contribution in [0.2, 0.25) is 0 Å². The van der Waals surface area contributed by atoms with E-state index in [1.54, 1.807) is 19.3 Å². The molecule has 66 valence electrons. The Bertz CT molecular complexity index is 427. The van der Waals surface area contributed by atoms with Gasteiger partial charge in [0.05, 0.1) is 5.56 Å². The highest BCUT2D eigenvalue weighted by Gasteiger charge is 2.05. The molecule has 0 aliphatic carbocycles. The van der Waals surface area contributed by atoms with Crippen LogP contribution in [0.25, 0.3) is 11.5 Å². The maximum Gasteiger partial charge on any atom is 0.259 e. The fourth-order valence-corrected chi connectivity index (χ4v) is 1.44. The summed E-state index contributed by atoms with van der Waals surface area (Å²) < 4.78 is 6.05. The predicted octanol–water partition coefficient (Wildman–Crippen LogP) is 2.04. The average Bonchev–Trinajstić information content (AvgIpc) is 2.52. The van der Waals surface area contributed by atoms with Gasteiger partial charge in [0, 0.05) is 16.0 Å². The summed E-state index contributed by atoms with van der Waals surface area (Å²) in [7, 11) is 0. The molecule has 0 atom stereocenters. The van der Waals surface area contributed by atoms with Crippen molar-refractivity contribution in [3.8, 4) is 11.5 Å². The second-order valence-corrected chi connectivity index (χ2v) is 3.78. The number of nitrogens with zero attached hydrogens (tertiary/aromatic N) is 3. The summed E-state index contributed by atoms with van der Waals surface area (Å²) in [5.41, 5.74) is 0.854. The number of halogens is 1. The first-order valence-corrected chi connectivity index (χ1v) is 4.75. The first kappa shape index (κ1) is 8.61. The SMILES string of the molecule is Cc1noc(-c2cncc(I)c2)n1. The fraction of sp³-hybridized carbons (Fsp3) is 0.125. The van der Waals surface area contributed by atoms with Crippen molar-refractivity contribution in [2.75, 3.05) is 0 Å². The quantitative estimate of drug-likeness (QED) is 0.753. The van der Waals surface area contributed by atoms with Gasteiger partial charge in [-0.1, -0.05) is 5.16 Å². The molecule has 5 heteroatoms. The number of aryl methyl sites for hydroxylation is 1. The zero-order valence-corrected chi connectivity index (χ0v) is 9.02. The highest BCUT2D eigenvalue weighted by molar-refractivity contribution is 14.1. The van der Waals surface area contributed by atoms with Crippen LogP contribution in [0, 0.1) is 10.5 Å². The minimum absolute atomic E-state index is 0.517. The molecule has 0 amide bonds. The first-order chi connectivity index (χ1) is 6.25. The van der Waals surface area contributed by atoms with Gasteiger partial charge in [-0.3, -0.25) is 4.98 Å². The van der Waals surface area contributed by atoms with Crippen LogP contribution in [0.3, 0.4) is 0 Å². The van der Waals surface area contributed by atoms with Gasteiger partial charge in [-0.05, 0) is 35.6 Å². The van der Waals surface area contributed by atoms with Crippen LogP contribution in [0.1, 0.15) is 5.82 Å². The van der Waals surface area contributed by atoms with Gasteiger partial charge in [0.1, 0.15) is 0 Å². The van der Waals surface area contributed by atoms with E-state index in [0.717, 1.165) is 9.13 Å².